The minimum Gasteiger partial charge on any atom is -0.359 e. The third-order valence-corrected chi connectivity index (χ3v) is 3.49. The summed E-state index contributed by atoms with van der Waals surface area (Å²) in [5, 5.41) is 0. The zero-order chi connectivity index (χ0) is 12.4. The molecule has 2 aromatic carbocycles. The maximum absolute atomic E-state index is 10.9. The molecule has 0 saturated carbocycles. The minimum absolute atomic E-state index is 0. The molecule has 1 nitrogen and oxygen atoms in total. The largest absolute Gasteiger partial charge is 0.359 e. The molecule has 0 unspecified atom stereocenters. The van der Waals surface area contributed by atoms with E-state index >= 15 is 0 Å². The second-order valence-corrected chi connectivity index (χ2v) is 4.60. The van der Waals surface area contributed by atoms with Gasteiger partial charge in [0.1, 0.15) is 6.29 Å². The van der Waals surface area contributed by atoms with E-state index in [1.165, 1.54) is 16.7 Å². The molecule has 0 radical (unpaired) electrons. The van der Waals surface area contributed by atoms with Crippen LogP contribution in [-0.2, 0) is 6.42 Å². The van der Waals surface area contributed by atoms with Crippen LogP contribution in [0.15, 0.2) is 36.4 Å². The van der Waals surface area contributed by atoms with Gasteiger partial charge in [-0.3, -0.25) is 16.4 Å². The average molecular weight is 947 g/mol. The van der Waals surface area contributed by atoms with Crippen LogP contribution in [0.25, 0.3) is 0 Å². The average Bonchev–Trinajstić information content (AvgIpc) is 2.47. The van der Waals surface area contributed by atoms with Crippen LogP contribution in [0.5, 0.6) is 0 Å². The van der Waals surface area contributed by atoms with Gasteiger partial charge in [0.2, 0.25) is 0 Å². The van der Waals surface area contributed by atoms with E-state index in [9.17, 15) is 4.79 Å². The van der Waals surface area contributed by atoms with Crippen molar-refractivity contribution in [3.8, 4) is 0 Å². The van der Waals surface area contributed by atoms with Gasteiger partial charge in [-0.2, -0.15) is 12.8 Å². The predicted octanol–water partition coefficient (Wildman–Crippen LogP) is 3.38. The number of rotatable bonds is 2. The van der Waals surface area contributed by atoms with E-state index in [1.807, 2.05) is 24.3 Å². The fourth-order valence-corrected chi connectivity index (χ4v) is 2.60. The van der Waals surface area contributed by atoms with Crippen LogP contribution in [0.1, 0.15) is 39.4 Å². The van der Waals surface area contributed by atoms with Crippen LogP contribution >= 0.6 is 0 Å². The number of hydrogen-bond acceptors (Lipinski definition) is 1. The van der Waals surface area contributed by atoms with Crippen molar-refractivity contribution in [2.45, 2.75) is 18.8 Å². The molecule has 1 atom stereocenters. The van der Waals surface area contributed by atoms with Crippen LogP contribution < -0.4 is 0 Å². The monoisotopic (exact) mass is 947 g/mol. The Hall–Kier alpha value is 1.27. The zero-order valence-corrected chi connectivity index (χ0v) is 24.0. The van der Waals surface area contributed by atoms with E-state index in [0.29, 0.717) is 5.92 Å². The first-order chi connectivity index (χ1) is 8.88. The van der Waals surface area contributed by atoms with Gasteiger partial charge in [0.15, 0.2) is 0 Å². The maximum Gasteiger partial charge on any atom is 0.150 e. The van der Waals surface area contributed by atoms with Gasteiger partial charge < -0.3 is 30.2 Å². The Morgan fingerprint density at radius 3 is 2.81 bits per heavy atom. The van der Waals surface area contributed by atoms with Crippen LogP contribution in [0.4, 0.5) is 0 Å². The number of aldehydes is 1. The fraction of sp³-hybridized carbons (Fsp3) is 0.176. The van der Waals surface area contributed by atoms with Gasteiger partial charge in [-0.05, 0) is 6.07 Å². The van der Waals surface area contributed by atoms with Crippen molar-refractivity contribution in [1.29, 1.82) is 0 Å². The molecule has 21 heavy (non-hydrogen) atoms. The Morgan fingerprint density at radius 1 is 1.24 bits per heavy atom. The molecule has 0 saturated heterocycles. The van der Waals surface area contributed by atoms with Crippen molar-refractivity contribution in [2.24, 2.45) is 0 Å². The van der Waals surface area contributed by atoms with E-state index in [1.54, 1.807) is 0 Å². The van der Waals surface area contributed by atoms with E-state index in [-0.39, 0.29) is 93.3 Å². The first kappa shape index (κ1) is 22.3. The number of carbonyl (C=O) groups is 1. The molecular formula is C17H13OU3-3. The Kier molecular flexibility index (Phi) is 11.6. The van der Waals surface area contributed by atoms with Crippen molar-refractivity contribution in [3.05, 3.63) is 77.2 Å². The van der Waals surface area contributed by atoms with Crippen molar-refractivity contribution < 1.29 is 98.1 Å². The molecule has 1 aliphatic carbocycles. The van der Waals surface area contributed by atoms with Gasteiger partial charge in [-0.1, -0.05) is 23.8 Å². The second-order valence-electron chi connectivity index (χ2n) is 4.60. The minimum atomic E-state index is 0. The summed E-state index contributed by atoms with van der Waals surface area (Å²) in [7, 11) is 0. The number of hydrogen-bond donors (Lipinski definition) is 0. The summed E-state index contributed by atoms with van der Waals surface area (Å²) >= 11 is 0. The van der Waals surface area contributed by atoms with Crippen LogP contribution in [0.2, 0.25) is 0 Å². The van der Waals surface area contributed by atoms with Gasteiger partial charge in [0, 0.05) is 98.9 Å². The summed E-state index contributed by atoms with van der Waals surface area (Å²) in [5.74, 6) is 0.336. The van der Waals surface area contributed by atoms with Crippen molar-refractivity contribution in [3.63, 3.8) is 0 Å². The molecule has 0 spiro atoms. The molecule has 102 valence electrons. The molecule has 0 aliphatic heterocycles. The summed E-state index contributed by atoms with van der Waals surface area (Å²) in [6.45, 7) is 0. The summed E-state index contributed by atoms with van der Waals surface area (Å²) in [6, 6.07) is 18.1. The van der Waals surface area contributed by atoms with Gasteiger partial charge in [-0.25, -0.2) is 0 Å². The quantitative estimate of drug-likeness (QED) is 0.334. The molecule has 0 fully saturated rings. The maximum atomic E-state index is 10.9. The Morgan fingerprint density at radius 2 is 2.05 bits per heavy atom. The third-order valence-electron chi connectivity index (χ3n) is 3.49. The second kappa shape index (κ2) is 10.9. The molecule has 2 aromatic rings. The van der Waals surface area contributed by atoms with E-state index in [2.05, 4.69) is 30.7 Å². The summed E-state index contributed by atoms with van der Waals surface area (Å²) in [5.41, 5.74) is 4.48. The van der Waals surface area contributed by atoms with Crippen LogP contribution in [0.3, 0.4) is 0 Å². The topological polar surface area (TPSA) is 17.1 Å². The summed E-state index contributed by atoms with van der Waals surface area (Å²) in [4.78, 5) is 10.9. The first-order valence-electron chi connectivity index (χ1n) is 6.16. The Bertz CT molecular complexity index is 584. The molecular weight excluding hydrogens is 934 g/mol. The summed E-state index contributed by atoms with van der Waals surface area (Å²) in [6.07, 6.45) is 5.19. The van der Waals surface area contributed by atoms with Crippen LogP contribution in [-0.4, -0.2) is 6.29 Å². The molecule has 0 aromatic heterocycles. The van der Waals surface area contributed by atoms with E-state index in [0.717, 1.165) is 24.7 Å². The van der Waals surface area contributed by atoms with Gasteiger partial charge in [0.05, 0.1) is 0 Å². The number of benzene rings is 2. The molecule has 4 heteroatoms. The van der Waals surface area contributed by atoms with Gasteiger partial charge in [-0.15, -0.1) is 5.92 Å². The van der Waals surface area contributed by atoms with E-state index < -0.39 is 0 Å². The van der Waals surface area contributed by atoms with Gasteiger partial charge >= 0.3 is 0 Å². The van der Waals surface area contributed by atoms with Crippen LogP contribution in [0, 0.1) is 112 Å². The Labute approximate surface area is 197 Å². The van der Waals surface area contributed by atoms with Gasteiger partial charge in [0.25, 0.3) is 0 Å². The Balaban J connectivity index is 0.00000133. The molecule has 0 heterocycles. The normalized spacial score (nSPS) is 15.5. The predicted molar refractivity (Wildman–Crippen MR) is 70.4 cm³/mol. The molecule has 0 amide bonds. The standard InChI is InChI=1S/C17H13O.3U/c18-12-13-5-3-8-15(11-13)17-10-4-7-14-6-1-2-9-16(14)17;;;/h1,3-5,8-9,11-12,17H,7,10H2;;;/q-3;;;/t17-;;;/m0.../s1. The fourth-order valence-electron chi connectivity index (χ4n) is 2.60. The van der Waals surface area contributed by atoms with Crippen molar-refractivity contribution in [2.75, 3.05) is 0 Å². The zero-order valence-electron chi connectivity index (χ0n) is 11.5. The van der Waals surface area contributed by atoms with E-state index in [4.69, 9.17) is 0 Å². The summed E-state index contributed by atoms with van der Waals surface area (Å²) < 4.78 is 0. The smallest absolute Gasteiger partial charge is 0.150 e. The third kappa shape index (κ3) is 5.39. The van der Waals surface area contributed by atoms with Crippen molar-refractivity contribution >= 4 is 6.29 Å². The van der Waals surface area contributed by atoms with Crippen molar-refractivity contribution in [1.82, 2.24) is 0 Å². The number of fused-ring (bicyclic) bond motifs is 1. The number of carbonyl (C=O) groups excluding carboxylic acids is 1. The molecule has 3 rings (SSSR count). The molecule has 1 aliphatic rings. The first-order valence-corrected chi connectivity index (χ1v) is 6.16. The molecule has 0 bridgehead atoms. The SMILES string of the molecule is O=Cc1cccc([C@@H]2C[CH-]Cc3[c-]c[c-]cc32)c1.[U].[U].[U]. The molecule has 0 N–H and O–H groups in total.